The zero-order valence-corrected chi connectivity index (χ0v) is 11.0. The van der Waals surface area contributed by atoms with Gasteiger partial charge in [0.15, 0.2) is 0 Å². The minimum Gasteiger partial charge on any atom is -0.388 e. The van der Waals surface area contributed by atoms with Crippen molar-refractivity contribution in [2.24, 2.45) is 0 Å². The zero-order valence-electron chi connectivity index (χ0n) is 11.0. The second kappa shape index (κ2) is 5.02. The van der Waals surface area contributed by atoms with Crippen molar-refractivity contribution in [2.75, 3.05) is 6.54 Å². The second-order valence-corrected chi connectivity index (χ2v) is 5.85. The van der Waals surface area contributed by atoms with E-state index in [9.17, 15) is 5.11 Å². The first-order valence-electron chi connectivity index (χ1n) is 7.33. The summed E-state index contributed by atoms with van der Waals surface area (Å²) in [4.78, 5) is 0. The van der Waals surface area contributed by atoms with Gasteiger partial charge >= 0.3 is 0 Å². The monoisotopic (exact) mass is 245 g/mol. The standard InChI is InChI=1S/C16H23NO/c18-16(10-5-1-2-6-11-16)15-14-8-4-3-7-13(14)9-12-17-15/h3-4,7-8,15,17-18H,1-2,5-6,9-12H2. The summed E-state index contributed by atoms with van der Waals surface area (Å²) in [6, 6.07) is 8.75. The molecule has 1 heterocycles. The van der Waals surface area contributed by atoms with E-state index in [-0.39, 0.29) is 6.04 Å². The van der Waals surface area contributed by atoms with Crippen LogP contribution in [0.25, 0.3) is 0 Å². The number of benzene rings is 1. The Labute approximate surface area is 109 Å². The molecule has 3 rings (SSSR count). The lowest BCUT2D eigenvalue weighted by Gasteiger charge is -2.40. The molecule has 1 unspecified atom stereocenters. The van der Waals surface area contributed by atoms with E-state index in [1.807, 2.05) is 0 Å². The van der Waals surface area contributed by atoms with Gasteiger partial charge in [-0.2, -0.15) is 0 Å². The Bertz CT molecular complexity index is 407. The summed E-state index contributed by atoms with van der Waals surface area (Å²) in [6.45, 7) is 0.990. The number of nitrogens with one attached hydrogen (secondary N) is 1. The van der Waals surface area contributed by atoms with Gasteiger partial charge in [0.2, 0.25) is 0 Å². The molecule has 1 aromatic rings. The SMILES string of the molecule is OC1(C2NCCc3ccccc32)CCCCCC1. The van der Waals surface area contributed by atoms with E-state index >= 15 is 0 Å². The van der Waals surface area contributed by atoms with Crippen LogP contribution in [-0.2, 0) is 6.42 Å². The van der Waals surface area contributed by atoms with Crippen LogP contribution in [-0.4, -0.2) is 17.3 Å². The minimum atomic E-state index is -0.535. The number of rotatable bonds is 1. The summed E-state index contributed by atoms with van der Waals surface area (Å²) in [7, 11) is 0. The van der Waals surface area contributed by atoms with Gasteiger partial charge in [-0.15, -0.1) is 0 Å². The summed E-state index contributed by atoms with van der Waals surface area (Å²) in [6.07, 6.45) is 7.85. The van der Waals surface area contributed by atoms with Crippen LogP contribution >= 0.6 is 0 Å². The maximum Gasteiger partial charge on any atom is 0.0841 e. The van der Waals surface area contributed by atoms with Crippen molar-refractivity contribution in [3.8, 4) is 0 Å². The molecule has 2 aliphatic rings. The van der Waals surface area contributed by atoms with Gasteiger partial charge in [-0.3, -0.25) is 0 Å². The van der Waals surface area contributed by atoms with Crippen molar-refractivity contribution < 1.29 is 5.11 Å². The summed E-state index contributed by atoms with van der Waals surface area (Å²) in [5, 5.41) is 14.6. The number of hydrogen-bond donors (Lipinski definition) is 2. The van der Waals surface area contributed by atoms with E-state index in [2.05, 4.69) is 29.6 Å². The van der Waals surface area contributed by atoms with Gasteiger partial charge in [-0.05, 0) is 36.9 Å². The second-order valence-electron chi connectivity index (χ2n) is 5.85. The number of aliphatic hydroxyl groups is 1. The molecular formula is C16H23NO. The largest absolute Gasteiger partial charge is 0.388 e. The van der Waals surface area contributed by atoms with E-state index in [0.717, 1.165) is 38.6 Å². The maximum atomic E-state index is 11.1. The van der Waals surface area contributed by atoms with Gasteiger partial charge in [0.05, 0.1) is 11.6 Å². The summed E-state index contributed by atoms with van der Waals surface area (Å²) in [5.41, 5.74) is 2.21. The smallest absolute Gasteiger partial charge is 0.0841 e. The Morgan fingerprint density at radius 3 is 2.56 bits per heavy atom. The Kier molecular flexibility index (Phi) is 3.40. The normalized spacial score (nSPS) is 27.3. The summed E-state index contributed by atoms with van der Waals surface area (Å²) < 4.78 is 0. The quantitative estimate of drug-likeness (QED) is 0.746. The van der Waals surface area contributed by atoms with Crippen LogP contribution in [0.5, 0.6) is 0 Å². The highest BCUT2D eigenvalue weighted by molar-refractivity contribution is 5.34. The average Bonchev–Trinajstić information content (AvgIpc) is 2.64. The first-order valence-corrected chi connectivity index (χ1v) is 7.33. The molecule has 1 saturated carbocycles. The fraction of sp³-hybridized carbons (Fsp3) is 0.625. The van der Waals surface area contributed by atoms with Crippen molar-refractivity contribution in [3.63, 3.8) is 0 Å². The van der Waals surface area contributed by atoms with Gasteiger partial charge in [0.25, 0.3) is 0 Å². The lowest BCUT2D eigenvalue weighted by atomic mass is 9.79. The summed E-state index contributed by atoms with van der Waals surface area (Å²) >= 11 is 0. The number of fused-ring (bicyclic) bond motifs is 1. The predicted octanol–water partition coefficient (Wildman–Crippen LogP) is 2.96. The minimum absolute atomic E-state index is 0.139. The van der Waals surface area contributed by atoms with Gasteiger partial charge in [0.1, 0.15) is 0 Å². The molecule has 0 amide bonds. The average molecular weight is 245 g/mol. The topological polar surface area (TPSA) is 32.3 Å². The molecule has 2 N–H and O–H groups in total. The first-order chi connectivity index (χ1) is 8.80. The molecular weight excluding hydrogens is 222 g/mol. The van der Waals surface area contributed by atoms with Crippen molar-refractivity contribution >= 4 is 0 Å². The van der Waals surface area contributed by atoms with Gasteiger partial charge in [-0.25, -0.2) is 0 Å². The fourth-order valence-corrected chi connectivity index (χ4v) is 3.61. The van der Waals surface area contributed by atoms with Crippen LogP contribution in [0.4, 0.5) is 0 Å². The molecule has 0 spiro atoms. The van der Waals surface area contributed by atoms with Crippen molar-refractivity contribution in [1.82, 2.24) is 5.32 Å². The van der Waals surface area contributed by atoms with Crippen LogP contribution < -0.4 is 5.32 Å². The molecule has 18 heavy (non-hydrogen) atoms. The summed E-state index contributed by atoms with van der Waals surface area (Å²) in [5.74, 6) is 0. The third kappa shape index (κ3) is 2.19. The van der Waals surface area contributed by atoms with Gasteiger partial charge in [-0.1, -0.05) is 49.9 Å². The highest BCUT2D eigenvalue weighted by Crippen LogP contribution is 2.39. The molecule has 2 heteroatoms. The van der Waals surface area contributed by atoms with Crippen LogP contribution in [0, 0.1) is 0 Å². The van der Waals surface area contributed by atoms with Gasteiger partial charge < -0.3 is 10.4 Å². The molecule has 2 nitrogen and oxygen atoms in total. The molecule has 0 bridgehead atoms. The molecule has 0 aromatic heterocycles. The zero-order chi connectivity index (χ0) is 12.4. The van der Waals surface area contributed by atoms with E-state index in [1.165, 1.54) is 24.0 Å². The predicted molar refractivity (Wildman–Crippen MR) is 73.5 cm³/mol. The Morgan fingerprint density at radius 2 is 1.78 bits per heavy atom. The number of hydrogen-bond acceptors (Lipinski definition) is 2. The molecule has 1 aliphatic carbocycles. The van der Waals surface area contributed by atoms with Crippen LogP contribution in [0.15, 0.2) is 24.3 Å². The van der Waals surface area contributed by atoms with Crippen LogP contribution in [0.1, 0.15) is 55.7 Å². The molecule has 0 saturated heterocycles. The maximum absolute atomic E-state index is 11.1. The molecule has 1 atom stereocenters. The molecule has 0 radical (unpaired) electrons. The molecule has 1 aromatic carbocycles. The van der Waals surface area contributed by atoms with Crippen molar-refractivity contribution in [1.29, 1.82) is 0 Å². The van der Waals surface area contributed by atoms with Crippen LogP contribution in [0.2, 0.25) is 0 Å². The third-order valence-corrected chi connectivity index (χ3v) is 4.62. The third-order valence-electron chi connectivity index (χ3n) is 4.62. The Hall–Kier alpha value is -0.860. The molecule has 1 aliphatic heterocycles. The Morgan fingerprint density at radius 1 is 1.06 bits per heavy atom. The lowest BCUT2D eigenvalue weighted by Crippen LogP contribution is -2.46. The van der Waals surface area contributed by atoms with Crippen molar-refractivity contribution in [2.45, 2.75) is 56.6 Å². The van der Waals surface area contributed by atoms with E-state index in [4.69, 9.17) is 0 Å². The first kappa shape index (κ1) is 12.2. The molecule has 1 fully saturated rings. The Balaban J connectivity index is 1.92. The van der Waals surface area contributed by atoms with Crippen LogP contribution in [0.3, 0.4) is 0 Å². The van der Waals surface area contributed by atoms with E-state index < -0.39 is 5.60 Å². The highest BCUT2D eigenvalue weighted by atomic mass is 16.3. The van der Waals surface area contributed by atoms with E-state index in [0.29, 0.717) is 0 Å². The van der Waals surface area contributed by atoms with E-state index in [1.54, 1.807) is 0 Å². The fourth-order valence-electron chi connectivity index (χ4n) is 3.61. The highest BCUT2D eigenvalue weighted by Gasteiger charge is 2.39. The molecule has 98 valence electrons. The lowest BCUT2D eigenvalue weighted by molar-refractivity contribution is -0.0155. The van der Waals surface area contributed by atoms with Crippen molar-refractivity contribution in [3.05, 3.63) is 35.4 Å². The van der Waals surface area contributed by atoms with Gasteiger partial charge in [0, 0.05) is 0 Å².